The minimum atomic E-state index is -1.39. The molecule has 0 aliphatic carbocycles. The molecule has 0 spiro atoms. The van der Waals surface area contributed by atoms with Crippen molar-refractivity contribution in [3.05, 3.63) is 0 Å². The summed E-state index contributed by atoms with van der Waals surface area (Å²) in [5.74, 6) is -1.39. The lowest BCUT2D eigenvalue weighted by Gasteiger charge is -2.28. The van der Waals surface area contributed by atoms with Gasteiger partial charge in [0.15, 0.2) is 0 Å². The minimum Gasteiger partial charge on any atom is -0.362 e. The van der Waals surface area contributed by atoms with Crippen LogP contribution in [0.3, 0.4) is 0 Å². The summed E-state index contributed by atoms with van der Waals surface area (Å²) in [5.41, 5.74) is 0. The normalized spacial score (nSPS) is 17.4. The molecular formula is C6H14O4. The second-order valence-corrected chi connectivity index (χ2v) is 2.06. The lowest BCUT2D eigenvalue weighted by Crippen LogP contribution is -2.43. The summed E-state index contributed by atoms with van der Waals surface area (Å²) < 4.78 is 14.2. The van der Waals surface area contributed by atoms with E-state index >= 15 is 0 Å². The summed E-state index contributed by atoms with van der Waals surface area (Å²) >= 11 is 0. The van der Waals surface area contributed by atoms with Crippen LogP contribution < -0.4 is 0 Å². The Bertz CT molecular complexity index is 87.7. The summed E-state index contributed by atoms with van der Waals surface area (Å²) in [4.78, 5) is 0. The van der Waals surface area contributed by atoms with E-state index in [2.05, 4.69) is 4.74 Å². The van der Waals surface area contributed by atoms with Gasteiger partial charge in [0.1, 0.15) is 0 Å². The molecule has 1 unspecified atom stereocenters. The largest absolute Gasteiger partial charge is 0.362 e. The third-order valence-corrected chi connectivity index (χ3v) is 1.28. The monoisotopic (exact) mass is 150 g/mol. The quantitative estimate of drug-likeness (QED) is 0.571. The van der Waals surface area contributed by atoms with Gasteiger partial charge < -0.3 is 19.3 Å². The molecule has 0 saturated heterocycles. The number of rotatable bonds is 4. The predicted molar refractivity (Wildman–Crippen MR) is 35.4 cm³/mol. The average molecular weight is 150 g/mol. The predicted octanol–water partition coefficient (Wildman–Crippen LogP) is -0.0398. The van der Waals surface area contributed by atoms with Crippen molar-refractivity contribution in [1.82, 2.24) is 0 Å². The highest BCUT2D eigenvalue weighted by molar-refractivity contribution is 4.62. The van der Waals surface area contributed by atoms with Crippen LogP contribution in [0.2, 0.25) is 0 Å². The summed E-state index contributed by atoms with van der Waals surface area (Å²) in [6.45, 7) is 1.46. The molecule has 0 aromatic heterocycles. The lowest BCUT2D eigenvalue weighted by atomic mass is 10.3. The van der Waals surface area contributed by atoms with Crippen LogP contribution in [0.5, 0.6) is 0 Å². The van der Waals surface area contributed by atoms with Crippen molar-refractivity contribution in [2.24, 2.45) is 0 Å². The molecule has 0 heterocycles. The van der Waals surface area contributed by atoms with Crippen molar-refractivity contribution in [1.29, 1.82) is 0 Å². The third kappa shape index (κ3) is 2.22. The lowest BCUT2D eigenvalue weighted by molar-refractivity contribution is -0.306. The van der Waals surface area contributed by atoms with E-state index in [-0.39, 0.29) is 0 Å². The fourth-order valence-electron chi connectivity index (χ4n) is 0.630. The highest BCUT2D eigenvalue weighted by Crippen LogP contribution is 2.13. The fraction of sp³-hybridized carbons (Fsp3) is 1.00. The maximum Gasteiger partial charge on any atom is 0.214 e. The minimum absolute atomic E-state index is 0.752. The Hall–Kier alpha value is -0.160. The third-order valence-electron chi connectivity index (χ3n) is 1.28. The van der Waals surface area contributed by atoms with E-state index < -0.39 is 12.1 Å². The topological polar surface area (TPSA) is 47.9 Å². The number of ether oxygens (including phenoxy) is 3. The second-order valence-electron chi connectivity index (χ2n) is 2.06. The van der Waals surface area contributed by atoms with Gasteiger partial charge in [-0.3, -0.25) is 0 Å². The molecule has 0 fully saturated rings. The molecule has 0 bridgehead atoms. The second kappa shape index (κ2) is 3.88. The van der Waals surface area contributed by atoms with Crippen LogP contribution in [0, 0.1) is 0 Å². The van der Waals surface area contributed by atoms with E-state index in [0.717, 1.165) is 0 Å². The molecule has 0 aromatic carbocycles. The van der Waals surface area contributed by atoms with Gasteiger partial charge in [-0.25, -0.2) is 0 Å². The van der Waals surface area contributed by atoms with E-state index in [1.807, 2.05) is 0 Å². The molecule has 1 N–H and O–H groups in total. The van der Waals surface area contributed by atoms with Crippen molar-refractivity contribution in [3.8, 4) is 0 Å². The smallest absolute Gasteiger partial charge is 0.214 e. The Balaban J connectivity index is 3.97. The number of aliphatic hydroxyl groups is 1. The van der Waals surface area contributed by atoms with Crippen molar-refractivity contribution < 1.29 is 19.3 Å². The van der Waals surface area contributed by atoms with Crippen molar-refractivity contribution in [2.75, 3.05) is 21.3 Å². The molecule has 0 aliphatic heterocycles. The van der Waals surface area contributed by atoms with Crippen molar-refractivity contribution >= 4 is 0 Å². The van der Waals surface area contributed by atoms with E-state index in [1.165, 1.54) is 28.3 Å². The van der Waals surface area contributed by atoms with Crippen LogP contribution in [0.4, 0.5) is 0 Å². The van der Waals surface area contributed by atoms with Gasteiger partial charge in [-0.2, -0.15) is 0 Å². The molecule has 4 heteroatoms. The molecule has 0 radical (unpaired) electrons. The van der Waals surface area contributed by atoms with Crippen LogP contribution in [0.25, 0.3) is 0 Å². The maximum absolute atomic E-state index is 9.31. The fourth-order valence-corrected chi connectivity index (χ4v) is 0.630. The first-order valence-electron chi connectivity index (χ1n) is 2.91. The molecule has 1 atom stereocenters. The van der Waals surface area contributed by atoms with Gasteiger partial charge in [0.2, 0.25) is 12.1 Å². The molecule has 0 rings (SSSR count). The highest BCUT2D eigenvalue weighted by atomic mass is 16.7. The number of hydrogen-bond donors (Lipinski definition) is 1. The summed E-state index contributed by atoms with van der Waals surface area (Å²) in [6, 6.07) is 0. The van der Waals surface area contributed by atoms with E-state index in [0.29, 0.717) is 0 Å². The SMILES string of the molecule is COC(OC)C(C)(O)OC. The Morgan fingerprint density at radius 1 is 1.20 bits per heavy atom. The summed E-state index contributed by atoms with van der Waals surface area (Å²) in [5, 5.41) is 9.31. The van der Waals surface area contributed by atoms with Crippen LogP contribution in [0.15, 0.2) is 0 Å². The molecule has 0 aliphatic rings. The molecular weight excluding hydrogens is 136 g/mol. The Morgan fingerprint density at radius 3 is 1.70 bits per heavy atom. The van der Waals surface area contributed by atoms with Gasteiger partial charge >= 0.3 is 0 Å². The zero-order valence-corrected chi connectivity index (χ0v) is 6.75. The van der Waals surface area contributed by atoms with Crippen LogP contribution in [-0.2, 0) is 14.2 Å². The highest BCUT2D eigenvalue weighted by Gasteiger charge is 2.31. The summed E-state index contributed by atoms with van der Waals surface area (Å²) in [6.07, 6.45) is -0.752. The van der Waals surface area contributed by atoms with Gasteiger partial charge in [-0.15, -0.1) is 0 Å². The van der Waals surface area contributed by atoms with Crippen molar-refractivity contribution in [2.45, 2.75) is 19.0 Å². The Kier molecular flexibility index (Phi) is 3.81. The van der Waals surface area contributed by atoms with E-state index in [9.17, 15) is 5.11 Å². The maximum atomic E-state index is 9.31. The first-order chi connectivity index (χ1) is 4.58. The summed E-state index contributed by atoms with van der Waals surface area (Å²) in [7, 11) is 4.24. The van der Waals surface area contributed by atoms with Gasteiger partial charge in [0.05, 0.1) is 0 Å². The standard InChI is InChI=1S/C6H14O4/c1-6(7,10-4)5(8-2)9-3/h5,7H,1-4H3. The van der Waals surface area contributed by atoms with Crippen molar-refractivity contribution in [3.63, 3.8) is 0 Å². The zero-order chi connectivity index (χ0) is 8.20. The van der Waals surface area contributed by atoms with Crippen LogP contribution in [0.1, 0.15) is 6.92 Å². The first-order valence-corrected chi connectivity index (χ1v) is 2.91. The molecule has 10 heavy (non-hydrogen) atoms. The molecule has 0 saturated carbocycles. The van der Waals surface area contributed by atoms with Crippen LogP contribution >= 0.6 is 0 Å². The average Bonchev–Trinajstić information content (AvgIpc) is 1.90. The Morgan fingerprint density at radius 2 is 1.60 bits per heavy atom. The molecule has 0 aromatic rings. The van der Waals surface area contributed by atoms with Gasteiger partial charge in [-0.05, 0) is 6.92 Å². The van der Waals surface area contributed by atoms with Crippen LogP contribution in [-0.4, -0.2) is 38.5 Å². The van der Waals surface area contributed by atoms with E-state index in [4.69, 9.17) is 9.47 Å². The molecule has 0 amide bonds. The van der Waals surface area contributed by atoms with Gasteiger partial charge in [0.25, 0.3) is 0 Å². The first kappa shape index (κ1) is 9.84. The Labute approximate surface area is 60.7 Å². The van der Waals surface area contributed by atoms with Gasteiger partial charge in [-0.1, -0.05) is 0 Å². The van der Waals surface area contributed by atoms with E-state index in [1.54, 1.807) is 0 Å². The molecule has 4 nitrogen and oxygen atoms in total. The van der Waals surface area contributed by atoms with Gasteiger partial charge in [0, 0.05) is 21.3 Å². The number of hydrogen-bond acceptors (Lipinski definition) is 4. The number of methoxy groups -OCH3 is 3. The zero-order valence-electron chi connectivity index (χ0n) is 6.75. The molecule has 62 valence electrons.